The maximum absolute atomic E-state index is 5.21. The molecule has 0 aliphatic carbocycles. The zero-order valence-electron chi connectivity index (χ0n) is 8.87. The van der Waals surface area contributed by atoms with Crippen LogP contribution in [0.3, 0.4) is 0 Å². The van der Waals surface area contributed by atoms with Gasteiger partial charge in [0.15, 0.2) is 0 Å². The molecule has 2 heteroatoms. The lowest BCUT2D eigenvalue weighted by molar-refractivity contribution is 0.395. The number of methoxy groups -OCH3 is 1. The van der Waals surface area contributed by atoms with Crippen molar-refractivity contribution in [3.05, 3.63) is 42.1 Å². The largest absolute Gasteiger partial charge is 0.481 e. The van der Waals surface area contributed by atoms with Crippen LogP contribution >= 0.6 is 0 Å². The molecule has 0 aliphatic heterocycles. The Kier molecular flexibility index (Phi) is 3.46. The van der Waals surface area contributed by atoms with Gasteiger partial charge in [-0.05, 0) is 31.6 Å². The third-order valence-electron chi connectivity index (χ3n) is 2.03. The van der Waals surface area contributed by atoms with Gasteiger partial charge in [-0.1, -0.05) is 18.7 Å². The number of aryl methyl sites for hydroxylation is 1. The quantitative estimate of drug-likeness (QED) is 0.682. The van der Waals surface area contributed by atoms with Gasteiger partial charge in [0.05, 0.1) is 7.11 Å². The van der Waals surface area contributed by atoms with Gasteiger partial charge in [-0.2, -0.15) is 0 Å². The highest BCUT2D eigenvalue weighted by Gasteiger charge is 2.06. The van der Waals surface area contributed by atoms with Gasteiger partial charge >= 0.3 is 0 Å². The molecule has 1 aromatic heterocycles. The normalized spacial score (nSPS) is 11.2. The van der Waals surface area contributed by atoms with Crippen molar-refractivity contribution in [3.63, 3.8) is 0 Å². The van der Waals surface area contributed by atoms with Crippen molar-refractivity contribution in [1.82, 2.24) is 4.98 Å². The van der Waals surface area contributed by atoms with E-state index in [2.05, 4.69) is 11.6 Å². The first kappa shape index (κ1) is 10.5. The Morgan fingerprint density at radius 3 is 2.71 bits per heavy atom. The van der Waals surface area contributed by atoms with Crippen LogP contribution in [0.2, 0.25) is 0 Å². The first-order valence-electron chi connectivity index (χ1n) is 4.53. The molecule has 0 atom stereocenters. The fourth-order valence-corrected chi connectivity index (χ4v) is 1.29. The second-order valence-electron chi connectivity index (χ2n) is 2.96. The van der Waals surface area contributed by atoms with Gasteiger partial charge in [-0.3, -0.25) is 0 Å². The zero-order valence-corrected chi connectivity index (χ0v) is 8.87. The summed E-state index contributed by atoms with van der Waals surface area (Å²) in [7, 11) is 1.63. The Hall–Kier alpha value is -1.57. The number of hydrogen-bond donors (Lipinski definition) is 0. The topological polar surface area (TPSA) is 22.1 Å². The van der Waals surface area contributed by atoms with Crippen LogP contribution in [0.1, 0.15) is 18.2 Å². The van der Waals surface area contributed by atoms with E-state index in [9.17, 15) is 0 Å². The van der Waals surface area contributed by atoms with Crippen LogP contribution in [0.4, 0.5) is 0 Å². The maximum Gasteiger partial charge on any atom is 0.221 e. The van der Waals surface area contributed by atoms with E-state index in [1.165, 1.54) is 0 Å². The lowest BCUT2D eigenvalue weighted by Crippen LogP contribution is -1.95. The number of hydrogen-bond acceptors (Lipinski definition) is 2. The number of rotatable bonds is 3. The summed E-state index contributed by atoms with van der Waals surface area (Å²) >= 11 is 0. The van der Waals surface area contributed by atoms with Gasteiger partial charge in [0, 0.05) is 11.3 Å². The average molecular weight is 189 g/mol. The Bertz CT molecular complexity index is 367. The Morgan fingerprint density at radius 2 is 2.21 bits per heavy atom. The molecule has 0 N–H and O–H groups in total. The molecule has 14 heavy (non-hydrogen) atoms. The van der Waals surface area contributed by atoms with Crippen molar-refractivity contribution in [1.29, 1.82) is 0 Å². The van der Waals surface area contributed by atoms with Crippen molar-refractivity contribution < 1.29 is 4.74 Å². The van der Waals surface area contributed by atoms with Crippen LogP contribution in [0, 0.1) is 6.92 Å². The minimum Gasteiger partial charge on any atom is -0.481 e. The summed E-state index contributed by atoms with van der Waals surface area (Å²) < 4.78 is 5.21. The molecule has 74 valence electrons. The van der Waals surface area contributed by atoms with Crippen LogP contribution in [0.5, 0.6) is 5.88 Å². The number of nitrogens with zero attached hydrogens (tertiary/aromatic N) is 1. The molecule has 1 aromatic rings. The monoisotopic (exact) mass is 189 g/mol. The van der Waals surface area contributed by atoms with E-state index in [1.807, 2.05) is 32.1 Å². The Labute approximate surface area is 84.9 Å². The van der Waals surface area contributed by atoms with Gasteiger partial charge < -0.3 is 4.74 Å². The molecule has 0 aromatic carbocycles. The molecular weight excluding hydrogens is 174 g/mol. The summed E-state index contributed by atoms with van der Waals surface area (Å²) in [6, 6.07) is 3.96. The van der Waals surface area contributed by atoms with E-state index in [4.69, 9.17) is 4.74 Å². The molecule has 1 rings (SSSR count). The van der Waals surface area contributed by atoms with Gasteiger partial charge in [0.2, 0.25) is 5.88 Å². The number of pyridine rings is 1. The Balaban J connectivity index is 3.26. The molecule has 0 aliphatic rings. The first-order chi connectivity index (χ1) is 6.72. The molecule has 0 radical (unpaired) electrons. The summed E-state index contributed by atoms with van der Waals surface area (Å²) in [6.45, 7) is 7.66. The van der Waals surface area contributed by atoms with E-state index in [-0.39, 0.29) is 0 Å². The van der Waals surface area contributed by atoms with Crippen LogP contribution in [-0.2, 0) is 0 Å². The fourth-order valence-electron chi connectivity index (χ4n) is 1.29. The lowest BCUT2D eigenvalue weighted by atomic mass is 10.1. The van der Waals surface area contributed by atoms with Crippen LogP contribution in [-0.4, -0.2) is 12.1 Å². The first-order valence-corrected chi connectivity index (χ1v) is 4.53. The molecule has 0 unspecified atom stereocenters. The van der Waals surface area contributed by atoms with E-state index in [0.29, 0.717) is 5.88 Å². The van der Waals surface area contributed by atoms with Gasteiger partial charge in [0.1, 0.15) is 0 Å². The number of allylic oxidation sites excluding steroid dienone is 3. The highest BCUT2D eigenvalue weighted by atomic mass is 16.5. The van der Waals surface area contributed by atoms with Gasteiger partial charge in [-0.15, -0.1) is 0 Å². The zero-order chi connectivity index (χ0) is 10.6. The standard InChI is InChI=1S/C12H15NO/c1-5-10(6-2)11-8-7-9(3)13-12(11)14-4/h5-8H,1H2,2-4H3/b10-6+. The highest BCUT2D eigenvalue weighted by molar-refractivity contribution is 5.76. The van der Waals surface area contributed by atoms with Crippen molar-refractivity contribution in [2.75, 3.05) is 7.11 Å². The van der Waals surface area contributed by atoms with Crippen molar-refractivity contribution in [2.45, 2.75) is 13.8 Å². The molecule has 0 saturated carbocycles. The van der Waals surface area contributed by atoms with Crippen LogP contribution in [0.25, 0.3) is 5.57 Å². The summed E-state index contributed by atoms with van der Waals surface area (Å²) in [4.78, 5) is 4.30. The Morgan fingerprint density at radius 1 is 1.50 bits per heavy atom. The maximum atomic E-state index is 5.21. The van der Waals surface area contributed by atoms with E-state index < -0.39 is 0 Å². The summed E-state index contributed by atoms with van der Waals surface area (Å²) in [5.74, 6) is 0.651. The predicted molar refractivity (Wildman–Crippen MR) is 59.4 cm³/mol. The van der Waals surface area contributed by atoms with Crippen LogP contribution in [0.15, 0.2) is 30.9 Å². The van der Waals surface area contributed by atoms with Crippen molar-refractivity contribution in [3.8, 4) is 5.88 Å². The van der Waals surface area contributed by atoms with Crippen molar-refractivity contribution >= 4 is 5.57 Å². The third-order valence-corrected chi connectivity index (χ3v) is 2.03. The second kappa shape index (κ2) is 4.61. The second-order valence-corrected chi connectivity index (χ2v) is 2.96. The highest BCUT2D eigenvalue weighted by Crippen LogP contribution is 2.24. The van der Waals surface area contributed by atoms with Gasteiger partial charge in [-0.25, -0.2) is 4.98 Å². The fraction of sp³-hybridized carbons (Fsp3) is 0.250. The summed E-state index contributed by atoms with van der Waals surface area (Å²) in [5, 5.41) is 0. The molecule has 0 saturated heterocycles. The van der Waals surface area contributed by atoms with Crippen molar-refractivity contribution in [2.24, 2.45) is 0 Å². The molecule has 0 fully saturated rings. The SMILES string of the molecule is C=C/C(=C\C)c1ccc(C)nc1OC. The van der Waals surface area contributed by atoms with E-state index >= 15 is 0 Å². The van der Waals surface area contributed by atoms with Gasteiger partial charge in [0.25, 0.3) is 0 Å². The van der Waals surface area contributed by atoms with E-state index in [0.717, 1.165) is 16.8 Å². The lowest BCUT2D eigenvalue weighted by Gasteiger charge is -2.08. The summed E-state index contributed by atoms with van der Waals surface area (Å²) in [5.41, 5.74) is 2.97. The molecule has 0 spiro atoms. The molecule has 0 bridgehead atoms. The number of ether oxygens (including phenoxy) is 1. The molecule has 0 amide bonds. The molecular formula is C12H15NO. The minimum absolute atomic E-state index is 0.651. The minimum atomic E-state index is 0.651. The van der Waals surface area contributed by atoms with E-state index in [1.54, 1.807) is 13.2 Å². The number of aromatic nitrogens is 1. The summed E-state index contributed by atoms with van der Waals surface area (Å²) in [6.07, 6.45) is 3.79. The average Bonchev–Trinajstić information content (AvgIpc) is 2.21. The molecule has 1 heterocycles. The smallest absolute Gasteiger partial charge is 0.221 e. The third kappa shape index (κ3) is 2.02. The van der Waals surface area contributed by atoms with Crippen LogP contribution < -0.4 is 4.74 Å². The predicted octanol–water partition coefficient (Wildman–Crippen LogP) is 2.99. The molecule has 2 nitrogen and oxygen atoms in total.